The van der Waals surface area contributed by atoms with E-state index in [0.29, 0.717) is 5.95 Å². The zero-order chi connectivity index (χ0) is 12.5. The molecule has 0 spiro atoms. The third-order valence-corrected chi connectivity index (χ3v) is 2.07. The summed E-state index contributed by atoms with van der Waals surface area (Å²) in [5.74, 6) is 0.671. The highest BCUT2D eigenvalue weighted by Gasteiger charge is 1.94. The number of nitrogens with one attached hydrogen (secondary N) is 1. The number of hydrogen-bond donors (Lipinski definition) is 1. The molecule has 0 saturated heterocycles. The Labute approximate surface area is 103 Å². The number of anilines is 1. The lowest BCUT2D eigenvalue weighted by atomic mass is 10.2. The first-order valence-electron chi connectivity index (χ1n) is 5.91. The van der Waals surface area contributed by atoms with Crippen molar-refractivity contribution in [2.75, 3.05) is 5.32 Å². The first-order valence-corrected chi connectivity index (χ1v) is 5.91. The predicted octanol–water partition coefficient (Wildman–Crippen LogP) is 3.42. The monoisotopic (exact) mass is 229 g/mol. The second-order valence-electron chi connectivity index (χ2n) is 3.42. The highest BCUT2D eigenvalue weighted by molar-refractivity contribution is 5.27. The molecule has 0 aliphatic heterocycles. The molecule has 1 aromatic carbocycles. The van der Waals surface area contributed by atoms with Crippen LogP contribution in [0.5, 0.6) is 0 Å². The minimum absolute atomic E-state index is 0.671. The van der Waals surface area contributed by atoms with Gasteiger partial charge < -0.3 is 5.32 Å². The number of rotatable bonds is 3. The van der Waals surface area contributed by atoms with E-state index in [1.807, 2.05) is 39.0 Å². The van der Waals surface area contributed by atoms with Crippen LogP contribution in [0.15, 0.2) is 42.7 Å². The molecule has 0 atom stereocenters. The number of aryl methyl sites for hydroxylation is 1. The molecule has 0 fully saturated rings. The zero-order valence-corrected chi connectivity index (χ0v) is 10.6. The molecule has 0 unspecified atom stereocenters. The van der Waals surface area contributed by atoms with Crippen molar-refractivity contribution in [3.05, 3.63) is 53.9 Å². The van der Waals surface area contributed by atoms with Crippen molar-refractivity contribution < 1.29 is 0 Å². The van der Waals surface area contributed by atoms with E-state index in [4.69, 9.17) is 0 Å². The normalized spacial score (nSPS) is 9.12. The Kier molecular flexibility index (Phi) is 5.72. The summed E-state index contributed by atoms with van der Waals surface area (Å²) in [5, 5.41) is 3.17. The molecule has 0 radical (unpaired) electrons. The van der Waals surface area contributed by atoms with Crippen LogP contribution in [-0.4, -0.2) is 9.97 Å². The van der Waals surface area contributed by atoms with E-state index in [1.165, 1.54) is 5.56 Å². The van der Waals surface area contributed by atoms with Crippen LogP contribution in [0.1, 0.15) is 25.0 Å². The van der Waals surface area contributed by atoms with Crippen molar-refractivity contribution in [3.63, 3.8) is 0 Å². The van der Waals surface area contributed by atoms with E-state index in [1.54, 1.807) is 12.4 Å². The minimum Gasteiger partial charge on any atom is -0.350 e. The van der Waals surface area contributed by atoms with Gasteiger partial charge in [0.2, 0.25) is 5.95 Å². The summed E-state index contributed by atoms with van der Waals surface area (Å²) >= 11 is 0. The van der Waals surface area contributed by atoms with Gasteiger partial charge in [-0.05, 0) is 18.1 Å². The molecule has 0 saturated carbocycles. The summed E-state index contributed by atoms with van der Waals surface area (Å²) in [6.07, 6.45) is 3.61. The van der Waals surface area contributed by atoms with Crippen molar-refractivity contribution in [1.82, 2.24) is 9.97 Å². The number of aromatic nitrogens is 2. The molecule has 2 rings (SSSR count). The molecule has 3 heteroatoms. The minimum atomic E-state index is 0.671. The number of hydrogen-bond acceptors (Lipinski definition) is 3. The Balaban J connectivity index is 0.000000686. The average Bonchev–Trinajstić information content (AvgIpc) is 2.42. The van der Waals surface area contributed by atoms with Crippen LogP contribution < -0.4 is 5.32 Å². The second-order valence-corrected chi connectivity index (χ2v) is 3.42. The Morgan fingerprint density at radius 1 is 1.00 bits per heavy atom. The van der Waals surface area contributed by atoms with Gasteiger partial charge >= 0.3 is 0 Å². The molecular weight excluding hydrogens is 210 g/mol. The molecule has 2 aromatic rings. The maximum absolute atomic E-state index is 4.17. The Morgan fingerprint density at radius 3 is 2.18 bits per heavy atom. The van der Waals surface area contributed by atoms with E-state index >= 15 is 0 Å². The third-order valence-electron chi connectivity index (χ3n) is 2.07. The van der Waals surface area contributed by atoms with Crippen LogP contribution >= 0.6 is 0 Å². The topological polar surface area (TPSA) is 37.8 Å². The van der Waals surface area contributed by atoms with Crippen molar-refractivity contribution in [2.24, 2.45) is 0 Å². The highest BCUT2D eigenvalue weighted by Crippen LogP contribution is 2.03. The maximum Gasteiger partial charge on any atom is 0.222 e. The van der Waals surface area contributed by atoms with E-state index in [2.05, 4.69) is 27.4 Å². The SMILES string of the molecule is CC.Cc1cnc(NCc2ccccc2)nc1. The Morgan fingerprint density at radius 2 is 1.59 bits per heavy atom. The molecule has 0 amide bonds. The molecular formula is C14H19N3. The summed E-state index contributed by atoms with van der Waals surface area (Å²) in [7, 11) is 0. The lowest BCUT2D eigenvalue weighted by Gasteiger charge is -2.04. The number of nitrogens with zero attached hydrogens (tertiary/aromatic N) is 2. The van der Waals surface area contributed by atoms with Crippen molar-refractivity contribution >= 4 is 5.95 Å². The predicted molar refractivity (Wildman–Crippen MR) is 71.9 cm³/mol. The van der Waals surface area contributed by atoms with Gasteiger partial charge in [0.15, 0.2) is 0 Å². The fourth-order valence-corrected chi connectivity index (χ4v) is 1.26. The molecule has 0 aliphatic carbocycles. The first kappa shape index (κ1) is 13.2. The summed E-state index contributed by atoms with van der Waals surface area (Å²) < 4.78 is 0. The molecule has 1 N–H and O–H groups in total. The smallest absolute Gasteiger partial charge is 0.222 e. The van der Waals surface area contributed by atoms with E-state index in [-0.39, 0.29) is 0 Å². The molecule has 1 heterocycles. The lowest BCUT2D eigenvalue weighted by Crippen LogP contribution is -2.02. The quantitative estimate of drug-likeness (QED) is 0.876. The van der Waals surface area contributed by atoms with Crippen molar-refractivity contribution in [1.29, 1.82) is 0 Å². The van der Waals surface area contributed by atoms with Crippen LogP contribution in [0.3, 0.4) is 0 Å². The Bertz CT molecular complexity index is 409. The Hall–Kier alpha value is -1.90. The van der Waals surface area contributed by atoms with Gasteiger partial charge in [-0.2, -0.15) is 0 Å². The fraction of sp³-hybridized carbons (Fsp3) is 0.286. The van der Waals surface area contributed by atoms with Crippen LogP contribution in [0.4, 0.5) is 5.95 Å². The molecule has 1 aromatic heterocycles. The van der Waals surface area contributed by atoms with E-state index in [9.17, 15) is 0 Å². The molecule has 17 heavy (non-hydrogen) atoms. The van der Waals surface area contributed by atoms with Gasteiger partial charge in [0, 0.05) is 18.9 Å². The van der Waals surface area contributed by atoms with Gasteiger partial charge in [0.25, 0.3) is 0 Å². The van der Waals surface area contributed by atoms with Crippen molar-refractivity contribution in [2.45, 2.75) is 27.3 Å². The molecule has 3 nitrogen and oxygen atoms in total. The van der Waals surface area contributed by atoms with Gasteiger partial charge in [0.1, 0.15) is 0 Å². The summed E-state index contributed by atoms with van der Waals surface area (Å²) in [6.45, 7) is 6.73. The lowest BCUT2D eigenvalue weighted by molar-refractivity contribution is 1.04. The average molecular weight is 229 g/mol. The number of benzene rings is 1. The van der Waals surface area contributed by atoms with Gasteiger partial charge in [-0.3, -0.25) is 0 Å². The molecule has 90 valence electrons. The van der Waals surface area contributed by atoms with Crippen LogP contribution in [-0.2, 0) is 6.54 Å². The maximum atomic E-state index is 4.17. The van der Waals surface area contributed by atoms with Crippen LogP contribution in [0.2, 0.25) is 0 Å². The van der Waals surface area contributed by atoms with Crippen LogP contribution in [0, 0.1) is 6.92 Å². The molecule has 0 bridgehead atoms. The second kappa shape index (κ2) is 7.39. The van der Waals surface area contributed by atoms with Gasteiger partial charge in [-0.15, -0.1) is 0 Å². The summed E-state index contributed by atoms with van der Waals surface area (Å²) in [5.41, 5.74) is 2.29. The zero-order valence-electron chi connectivity index (χ0n) is 10.6. The van der Waals surface area contributed by atoms with Gasteiger partial charge in [0.05, 0.1) is 0 Å². The van der Waals surface area contributed by atoms with Gasteiger partial charge in [-0.25, -0.2) is 9.97 Å². The summed E-state index contributed by atoms with van der Waals surface area (Å²) in [4.78, 5) is 8.34. The first-order chi connectivity index (χ1) is 8.34. The highest BCUT2D eigenvalue weighted by atomic mass is 15.1. The fourth-order valence-electron chi connectivity index (χ4n) is 1.26. The van der Waals surface area contributed by atoms with E-state index < -0.39 is 0 Å². The van der Waals surface area contributed by atoms with Crippen LogP contribution in [0.25, 0.3) is 0 Å². The standard InChI is InChI=1S/C12H13N3.C2H6/c1-10-7-13-12(14-8-10)15-9-11-5-3-2-4-6-11;1-2/h2-8H,9H2,1H3,(H,13,14,15);1-2H3. The van der Waals surface area contributed by atoms with Crippen molar-refractivity contribution in [3.8, 4) is 0 Å². The third kappa shape index (κ3) is 4.64. The molecule has 0 aliphatic rings. The van der Waals surface area contributed by atoms with E-state index in [0.717, 1.165) is 12.1 Å². The largest absolute Gasteiger partial charge is 0.350 e. The van der Waals surface area contributed by atoms with Gasteiger partial charge in [-0.1, -0.05) is 44.2 Å². The summed E-state index contributed by atoms with van der Waals surface area (Å²) in [6, 6.07) is 10.2.